The molecule has 5 nitrogen and oxygen atoms in total. The van der Waals surface area contributed by atoms with E-state index in [0.717, 1.165) is 12.5 Å². The van der Waals surface area contributed by atoms with E-state index in [4.69, 9.17) is 5.11 Å². The van der Waals surface area contributed by atoms with E-state index in [1.54, 1.807) is 0 Å². The van der Waals surface area contributed by atoms with Crippen LogP contribution < -0.4 is 4.90 Å². The van der Waals surface area contributed by atoms with E-state index in [1.807, 2.05) is 0 Å². The summed E-state index contributed by atoms with van der Waals surface area (Å²) in [6.45, 7) is 0.994. The number of aromatic carboxylic acids is 1. The molecule has 1 saturated carbocycles. The van der Waals surface area contributed by atoms with Gasteiger partial charge in [-0.2, -0.15) is 0 Å². The molecule has 1 saturated heterocycles. The van der Waals surface area contributed by atoms with Crippen molar-refractivity contribution in [2.45, 2.75) is 44.6 Å². The van der Waals surface area contributed by atoms with E-state index in [1.165, 1.54) is 50.9 Å². The van der Waals surface area contributed by atoms with Crippen LogP contribution in [-0.4, -0.2) is 33.6 Å². The van der Waals surface area contributed by atoms with E-state index in [-0.39, 0.29) is 5.56 Å². The van der Waals surface area contributed by atoms with E-state index < -0.39 is 5.97 Å². The van der Waals surface area contributed by atoms with Crippen LogP contribution in [0.4, 0.5) is 5.95 Å². The number of fused-ring (bicyclic) bond motifs is 1. The normalized spacial score (nSPS) is 26.8. The zero-order chi connectivity index (χ0) is 13.2. The van der Waals surface area contributed by atoms with Crippen molar-refractivity contribution in [3.63, 3.8) is 0 Å². The molecule has 1 aromatic rings. The fourth-order valence-corrected chi connectivity index (χ4v) is 3.45. The molecule has 0 amide bonds. The van der Waals surface area contributed by atoms with E-state index in [0.29, 0.717) is 12.0 Å². The molecule has 2 aliphatic rings. The summed E-state index contributed by atoms with van der Waals surface area (Å²) in [5, 5.41) is 8.88. The lowest BCUT2D eigenvalue weighted by atomic mass is 9.78. The van der Waals surface area contributed by atoms with Gasteiger partial charge >= 0.3 is 5.97 Å². The van der Waals surface area contributed by atoms with Crippen LogP contribution in [0, 0.1) is 5.92 Å². The summed E-state index contributed by atoms with van der Waals surface area (Å²) in [5.41, 5.74) is 0.154. The average molecular weight is 261 g/mol. The summed E-state index contributed by atoms with van der Waals surface area (Å²) < 4.78 is 0. The fraction of sp³-hybridized carbons (Fsp3) is 0.643. The predicted octanol–water partition coefficient (Wildman–Crippen LogP) is 2.33. The van der Waals surface area contributed by atoms with Gasteiger partial charge in [-0.3, -0.25) is 0 Å². The van der Waals surface area contributed by atoms with Crippen molar-refractivity contribution in [3.05, 3.63) is 18.0 Å². The number of hydrogen-bond acceptors (Lipinski definition) is 4. The molecule has 2 fully saturated rings. The SMILES string of the molecule is O=C(O)c1cnc(N2CCCC3CCCCC32)nc1. The average Bonchev–Trinajstić information content (AvgIpc) is 2.47. The monoisotopic (exact) mass is 261 g/mol. The minimum atomic E-state index is -0.972. The summed E-state index contributed by atoms with van der Waals surface area (Å²) in [6, 6.07) is 0.554. The van der Waals surface area contributed by atoms with Gasteiger partial charge in [0.2, 0.25) is 5.95 Å². The Kier molecular flexibility index (Phi) is 3.36. The molecule has 5 heteroatoms. The first kappa shape index (κ1) is 12.4. The van der Waals surface area contributed by atoms with Gasteiger partial charge in [0.1, 0.15) is 0 Å². The largest absolute Gasteiger partial charge is 0.478 e. The molecule has 0 radical (unpaired) electrons. The number of rotatable bonds is 2. The van der Waals surface area contributed by atoms with Crippen LogP contribution in [0.15, 0.2) is 12.4 Å². The molecule has 19 heavy (non-hydrogen) atoms. The zero-order valence-corrected chi connectivity index (χ0v) is 11.0. The highest BCUT2D eigenvalue weighted by Crippen LogP contribution is 2.36. The lowest BCUT2D eigenvalue weighted by Gasteiger charge is -2.44. The molecule has 0 bridgehead atoms. The summed E-state index contributed by atoms with van der Waals surface area (Å²) in [7, 11) is 0. The molecule has 102 valence electrons. The number of nitrogens with zero attached hydrogens (tertiary/aromatic N) is 3. The van der Waals surface area contributed by atoms with Crippen LogP contribution in [0.1, 0.15) is 48.9 Å². The van der Waals surface area contributed by atoms with E-state index in [2.05, 4.69) is 14.9 Å². The Morgan fingerprint density at radius 1 is 1.16 bits per heavy atom. The van der Waals surface area contributed by atoms with Gasteiger partial charge in [0.15, 0.2) is 0 Å². The van der Waals surface area contributed by atoms with Gasteiger partial charge in [-0.15, -0.1) is 0 Å². The molecule has 2 atom stereocenters. The third-order valence-corrected chi connectivity index (χ3v) is 4.39. The Morgan fingerprint density at radius 2 is 1.84 bits per heavy atom. The van der Waals surface area contributed by atoms with Crippen molar-refractivity contribution >= 4 is 11.9 Å². The summed E-state index contributed by atoms with van der Waals surface area (Å²) in [6.07, 6.45) is 10.5. The number of anilines is 1. The number of hydrogen-bond donors (Lipinski definition) is 1. The van der Waals surface area contributed by atoms with Crippen molar-refractivity contribution < 1.29 is 9.90 Å². The molecular formula is C14H19N3O2. The smallest absolute Gasteiger partial charge is 0.338 e. The summed E-state index contributed by atoms with van der Waals surface area (Å²) in [4.78, 5) is 21.6. The summed E-state index contributed by atoms with van der Waals surface area (Å²) >= 11 is 0. The first-order valence-electron chi connectivity index (χ1n) is 7.07. The number of carbonyl (C=O) groups is 1. The van der Waals surface area contributed by atoms with Gasteiger partial charge in [-0.25, -0.2) is 14.8 Å². The Morgan fingerprint density at radius 3 is 2.58 bits per heavy atom. The molecule has 2 heterocycles. The molecule has 1 N–H and O–H groups in total. The standard InChI is InChI=1S/C14H19N3O2/c18-13(19)11-8-15-14(16-9-11)17-7-3-5-10-4-1-2-6-12(10)17/h8-10,12H,1-7H2,(H,18,19). The van der Waals surface area contributed by atoms with E-state index in [9.17, 15) is 4.79 Å². The first-order chi connectivity index (χ1) is 9.25. The highest BCUT2D eigenvalue weighted by Gasteiger charge is 2.34. The van der Waals surface area contributed by atoms with Crippen LogP contribution in [0.5, 0.6) is 0 Å². The van der Waals surface area contributed by atoms with Crippen LogP contribution in [-0.2, 0) is 0 Å². The van der Waals surface area contributed by atoms with Crippen molar-refractivity contribution in [2.24, 2.45) is 5.92 Å². The molecule has 1 aliphatic heterocycles. The third-order valence-electron chi connectivity index (χ3n) is 4.39. The fourth-order valence-electron chi connectivity index (χ4n) is 3.45. The predicted molar refractivity (Wildman–Crippen MR) is 71.3 cm³/mol. The van der Waals surface area contributed by atoms with E-state index >= 15 is 0 Å². The number of aromatic nitrogens is 2. The molecule has 1 aliphatic carbocycles. The second-order valence-electron chi connectivity index (χ2n) is 5.52. The minimum absolute atomic E-state index is 0.154. The lowest BCUT2D eigenvalue weighted by Crippen LogP contribution is -2.47. The number of piperidine rings is 1. The zero-order valence-electron chi connectivity index (χ0n) is 11.0. The Bertz CT molecular complexity index is 458. The minimum Gasteiger partial charge on any atom is -0.478 e. The van der Waals surface area contributed by atoms with Gasteiger partial charge in [0.25, 0.3) is 0 Å². The van der Waals surface area contributed by atoms with Crippen LogP contribution in [0.3, 0.4) is 0 Å². The molecule has 0 aromatic carbocycles. The Balaban J connectivity index is 1.81. The van der Waals surface area contributed by atoms with Gasteiger partial charge in [0.05, 0.1) is 5.56 Å². The second kappa shape index (κ2) is 5.15. The lowest BCUT2D eigenvalue weighted by molar-refractivity contribution is 0.0696. The van der Waals surface area contributed by atoms with Crippen LogP contribution >= 0.6 is 0 Å². The number of carboxylic acids is 1. The van der Waals surface area contributed by atoms with Crippen LogP contribution in [0.25, 0.3) is 0 Å². The maximum absolute atomic E-state index is 10.8. The molecule has 2 unspecified atom stereocenters. The highest BCUT2D eigenvalue weighted by atomic mass is 16.4. The maximum atomic E-state index is 10.8. The van der Waals surface area contributed by atoms with Crippen molar-refractivity contribution in [1.29, 1.82) is 0 Å². The third kappa shape index (κ3) is 2.41. The maximum Gasteiger partial charge on any atom is 0.338 e. The first-order valence-corrected chi connectivity index (χ1v) is 7.07. The topological polar surface area (TPSA) is 66.3 Å². The second-order valence-corrected chi connectivity index (χ2v) is 5.52. The molecule has 1 aromatic heterocycles. The van der Waals surface area contributed by atoms with Crippen LogP contribution in [0.2, 0.25) is 0 Å². The quantitative estimate of drug-likeness (QED) is 0.885. The van der Waals surface area contributed by atoms with Gasteiger partial charge in [-0.1, -0.05) is 12.8 Å². The van der Waals surface area contributed by atoms with Crippen molar-refractivity contribution in [1.82, 2.24) is 9.97 Å². The van der Waals surface area contributed by atoms with Gasteiger partial charge < -0.3 is 10.0 Å². The van der Waals surface area contributed by atoms with Crippen molar-refractivity contribution in [2.75, 3.05) is 11.4 Å². The summed E-state index contributed by atoms with van der Waals surface area (Å²) in [5.74, 6) is 0.493. The number of carboxylic acid groups (broad SMARTS) is 1. The molecule has 3 rings (SSSR count). The van der Waals surface area contributed by atoms with Crippen molar-refractivity contribution in [3.8, 4) is 0 Å². The van der Waals surface area contributed by atoms with Gasteiger partial charge in [0, 0.05) is 25.0 Å². The molecular weight excluding hydrogens is 242 g/mol. The van der Waals surface area contributed by atoms with Gasteiger partial charge in [-0.05, 0) is 31.6 Å². The molecule has 0 spiro atoms. The highest BCUT2D eigenvalue weighted by molar-refractivity contribution is 5.86. The Hall–Kier alpha value is -1.65. The Labute approximate surface area is 112 Å².